The van der Waals surface area contributed by atoms with Crippen LogP contribution < -0.4 is 10.5 Å². The van der Waals surface area contributed by atoms with Crippen LogP contribution >= 0.6 is 11.3 Å². The number of nitrogens with one attached hydrogen (secondary N) is 1. The van der Waals surface area contributed by atoms with Crippen molar-refractivity contribution < 1.29 is 8.42 Å². The molecule has 18 heavy (non-hydrogen) atoms. The lowest BCUT2D eigenvalue weighted by Crippen LogP contribution is -2.11. The quantitative estimate of drug-likeness (QED) is 0.905. The van der Waals surface area contributed by atoms with Gasteiger partial charge in [-0.1, -0.05) is 19.1 Å². The van der Waals surface area contributed by atoms with Gasteiger partial charge in [-0.15, -0.1) is 11.3 Å². The summed E-state index contributed by atoms with van der Waals surface area (Å²) in [6.45, 7) is 2.05. The summed E-state index contributed by atoms with van der Waals surface area (Å²) in [5.74, 6) is 0. The molecule has 0 unspecified atom stereocenters. The molecular formula is C12H14N2O2S2. The highest BCUT2D eigenvalue weighted by atomic mass is 32.2. The van der Waals surface area contributed by atoms with E-state index in [-0.39, 0.29) is 4.21 Å². The highest BCUT2D eigenvalue weighted by Gasteiger charge is 2.16. The van der Waals surface area contributed by atoms with E-state index in [0.29, 0.717) is 11.4 Å². The van der Waals surface area contributed by atoms with Crippen molar-refractivity contribution in [3.05, 3.63) is 41.3 Å². The van der Waals surface area contributed by atoms with E-state index in [9.17, 15) is 8.42 Å². The van der Waals surface area contributed by atoms with E-state index in [1.807, 2.05) is 19.1 Å². The second kappa shape index (κ2) is 4.99. The number of benzene rings is 1. The zero-order chi connectivity index (χ0) is 13.2. The van der Waals surface area contributed by atoms with E-state index >= 15 is 0 Å². The zero-order valence-corrected chi connectivity index (χ0v) is 11.5. The summed E-state index contributed by atoms with van der Waals surface area (Å²) in [6.07, 6.45) is 0.925. The molecule has 0 spiro atoms. The monoisotopic (exact) mass is 282 g/mol. The lowest BCUT2D eigenvalue weighted by molar-refractivity contribution is 0.603. The number of aryl methyl sites for hydroxylation is 1. The summed E-state index contributed by atoms with van der Waals surface area (Å²) in [4.78, 5) is 0. The number of anilines is 2. The number of nitrogens with two attached hydrogens (primary N) is 1. The molecule has 6 heteroatoms. The molecule has 96 valence electrons. The van der Waals surface area contributed by atoms with Crippen LogP contribution in [0.5, 0.6) is 0 Å². The van der Waals surface area contributed by atoms with Crippen LogP contribution in [-0.4, -0.2) is 8.42 Å². The Morgan fingerprint density at radius 2 is 1.94 bits per heavy atom. The third kappa shape index (κ3) is 2.83. The molecule has 2 rings (SSSR count). The van der Waals surface area contributed by atoms with E-state index in [1.54, 1.807) is 17.5 Å². The van der Waals surface area contributed by atoms with Gasteiger partial charge in [0.25, 0.3) is 10.0 Å². The lowest BCUT2D eigenvalue weighted by Gasteiger charge is -2.06. The van der Waals surface area contributed by atoms with Gasteiger partial charge in [0.2, 0.25) is 0 Å². The number of thiophene rings is 1. The van der Waals surface area contributed by atoms with Crippen molar-refractivity contribution in [1.29, 1.82) is 0 Å². The maximum absolute atomic E-state index is 12.0. The van der Waals surface area contributed by atoms with Crippen LogP contribution in [0, 0.1) is 0 Å². The molecule has 1 aromatic carbocycles. The molecule has 0 radical (unpaired) electrons. The van der Waals surface area contributed by atoms with Crippen LogP contribution in [0.25, 0.3) is 0 Å². The van der Waals surface area contributed by atoms with E-state index in [0.717, 1.165) is 17.8 Å². The van der Waals surface area contributed by atoms with E-state index in [1.165, 1.54) is 11.6 Å². The van der Waals surface area contributed by atoms with Crippen molar-refractivity contribution in [3.63, 3.8) is 0 Å². The maximum Gasteiger partial charge on any atom is 0.271 e. The SMILES string of the molecule is CCc1ccc(NS(=O)(=O)c2cc(N)cs2)cc1. The Balaban J connectivity index is 2.22. The fourth-order valence-electron chi connectivity index (χ4n) is 1.49. The highest BCUT2D eigenvalue weighted by Crippen LogP contribution is 2.24. The van der Waals surface area contributed by atoms with E-state index < -0.39 is 10.0 Å². The molecule has 0 bridgehead atoms. The zero-order valence-electron chi connectivity index (χ0n) is 9.88. The Labute approximate surface area is 111 Å². The number of nitrogen functional groups attached to an aromatic ring is 1. The number of sulfonamides is 1. The van der Waals surface area contributed by atoms with Crippen molar-refractivity contribution in [2.24, 2.45) is 0 Å². The first kappa shape index (κ1) is 12.9. The summed E-state index contributed by atoms with van der Waals surface area (Å²) in [5, 5.41) is 1.61. The van der Waals surface area contributed by atoms with Crippen molar-refractivity contribution >= 4 is 32.7 Å². The molecule has 0 saturated carbocycles. The van der Waals surface area contributed by atoms with E-state index in [2.05, 4.69) is 4.72 Å². The normalized spacial score (nSPS) is 11.4. The molecular weight excluding hydrogens is 268 g/mol. The summed E-state index contributed by atoms with van der Waals surface area (Å²) < 4.78 is 26.8. The summed E-state index contributed by atoms with van der Waals surface area (Å²) in [6, 6.07) is 8.77. The van der Waals surface area contributed by atoms with Crippen molar-refractivity contribution in [3.8, 4) is 0 Å². The molecule has 0 aliphatic carbocycles. The fraction of sp³-hybridized carbons (Fsp3) is 0.167. The molecule has 0 atom stereocenters. The van der Waals surface area contributed by atoms with Gasteiger partial charge < -0.3 is 5.73 Å². The third-order valence-corrected chi connectivity index (χ3v) is 5.31. The van der Waals surface area contributed by atoms with Crippen molar-refractivity contribution in [2.45, 2.75) is 17.6 Å². The predicted octanol–water partition coefficient (Wildman–Crippen LogP) is 2.69. The third-order valence-electron chi connectivity index (χ3n) is 2.47. The molecule has 0 aliphatic heterocycles. The molecule has 3 N–H and O–H groups in total. The van der Waals surface area contributed by atoms with Gasteiger partial charge in [-0.2, -0.15) is 0 Å². The van der Waals surface area contributed by atoms with Crippen LogP contribution in [0.4, 0.5) is 11.4 Å². The van der Waals surface area contributed by atoms with Crippen molar-refractivity contribution in [1.82, 2.24) is 0 Å². The van der Waals surface area contributed by atoms with Crippen molar-refractivity contribution in [2.75, 3.05) is 10.5 Å². The largest absolute Gasteiger partial charge is 0.398 e. The molecule has 1 heterocycles. The van der Waals surface area contributed by atoms with Gasteiger partial charge in [0, 0.05) is 16.8 Å². The maximum atomic E-state index is 12.0. The molecule has 2 aromatic rings. The van der Waals surface area contributed by atoms with Crippen LogP contribution in [0.3, 0.4) is 0 Å². The van der Waals surface area contributed by atoms with Gasteiger partial charge in [0.15, 0.2) is 0 Å². The summed E-state index contributed by atoms with van der Waals surface area (Å²) in [5.41, 5.74) is 7.70. The Bertz CT molecular complexity index is 630. The Hall–Kier alpha value is -1.53. The van der Waals surface area contributed by atoms with E-state index in [4.69, 9.17) is 5.73 Å². The Kier molecular flexibility index (Phi) is 3.58. The number of rotatable bonds is 4. The number of hydrogen-bond donors (Lipinski definition) is 2. The minimum Gasteiger partial charge on any atom is -0.398 e. The van der Waals surface area contributed by atoms with Crippen LogP contribution in [0.15, 0.2) is 39.9 Å². The molecule has 1 aromatic heterocycles. The minimum atomic E-state index is -3.52. The van der Waals surface area contributed by atoms with Crippen LogP contribution in [-0.2, 0) is 16.4 Å². The van der Waals surface area contributed by atoms with Gasteiger partial charge >= 0.3 is 0 Å². The first-order chi connectivity index (χ1) is 8.51. The summed E-state index contributed by atoms with van der Waals surface area (Å²) in [7, 11) is -3.52. The van der Waals surface area contributed by atoms with Crippen LogP contribution in [0.1, 0.15) is 12.5 Å². The first-order valence-electron chi connectivity index (χ1n) is 5.47. The Morgan fingerprint density at radius 1 is 1.28 bits per heavy atom. The lowest BCUT2D eigenvalue weighted by atomic mass is 10.2. The van der Waals surface area contributed by atoms with Gasteiger partial charge in [0.05, 0.1) is 0 Å². The molecule has 0 aliphatic rings. The molecule has 0 amide bonds. The summed E-state index contributed by atoms with van der Waals surface area (Å²) >= 11 is 1.11. The standard InChI is InChI=1S/C12H14N2O2S2/c1-2-9-3-5-11(6-4-9)14-18(15,16)12-7-10(13)8-17-12/h3-8,14H,2,13H2,1H3. The van der Waals surface area contributed by atoms with Gasteiger partial charge in [-0.3, -0.25) is 4.72 Å². The first-order valence-corrected chi connectivity index (χ1v) is 7.83. The molecule has 0 saturated heterocycles. The molecule has 4 nitrogen and oxygen atoms in total. The topological polar surface area (TPSA) is 72.2 Å². The Morgan fingerprint density at radius 3 is 2.44 bits per heavy atom. The predicted molar refractivity (Wildman–Crippen MR) is 75.4 cm³/mol. The second-order valence-electron chi connectivity index (χ2n) is 3.86. The average Bonchev–Trinajstić information content (AvgIpc) is 2.77. The fourth-order valence-corrected chi connectivity index (χ4v) is 3.62. The smallest absolute Gasteiger partial charge is 0.271 e. The van der Waals surface area contributed by atoms with Crippen LogP contribution in [0.2, 0.25) is 0 Å². The molecule has 0 fully saturated rings. The number of hydrogen-bond acceptors (Lipinski definition) is 4. The van der Waals surface area contributed by atoms with Gasteiger partial charge in [-0.05, 0) is 30.2 Å². The minimum absolute atomic E-state index is 0.222. The second-order valence-corrected chi connectivity index (χ2v) is 6.68. The van der Waals surface area contributed by atoms with Gasteiger partial charge in [-0.25, -0.2) is 8.42 Å². The van der Waals surface area contributed by atoms with Gasteiger partial charge in [0.1, 0.15) is 4.21 Å². The average molecular weight is 282 g/mol. The highest BCUT2D eigenvalue weighted by molar-refractivity contribution is 7.94.